The van der Waals surface area contributed by atoms with Crippen LogP contribution in [0, 0.1) is 6.92 Å². The van der Waals surface area contributed by atoms with E-state index in [4.69, 9.17) is 4.74 Å². The zero-order chi connectivity index (χ0) is 21.9. The number of carbonyl (C=O) groups excluding carboxylic acids is 1. The van der Waals surface area contributed by atoms with Crippen LogP contribution in [0.3, 0.4) is 0 Å². The average molecular weight is 432 g/mol. The Morgan fingerprint density at radius 3 is 2.88 bits per heavy atom. The van der Waals surface area contributed by atoms with Crippen LogP contribution in [-0.2, 0) is 24.2 Å². The molecule has 1 saturated heterocycles. The van der Waals surface area contributed by atoms with Gasteiger partial charge in [-0.3, -0.25) is 9.69 Å². The molecule has 3 aromatic rings. The summed E-state index contributed by atoms with van der Waals surface area (Å²) in [6, 6.07) is 16.9. The summed E-state index contributed by atoms with van der Waals surface area (Å²) >= 11 is 0. The monoisotopic (exact) mass is 431 g/mol. The van der Waals surface area contributed by atoms with E-state index in [1.807, 2.05) is 11.6 Å². The summed E-state index contributed by atoms with van der Waals surface area (Å²) in [5.74, 6) is -0.192. The largest absolute Gasteiger partial charge is 0.376 e. The van der Waals surface area contributed by atoms with Crippen molar-refractivity contribution < 1.29 is 9.53 Å². The molecule has 2 aliphatic rings. The fourth-order valence-corrected chi connectivity index (χ4v) is 4.69. The van der Waals surface area contributed by atoms with Gasteiger partial charge in [0.25, 0.3) is 5.91 Å². The third-order valence-corrected chi connectivity index (χ3v) is 6.42. The molecule has 166 valence electrons. The lowest BCUT2D eigenvalue weighted by molar-refractivity contribution is 0.0853. The van der Waals surface area contributed by atoms with Gasteiger partial charge in [-0.2, -0.15) is 0 Å². The number of aromatic nitrogens is 3. The Morgan fingerprint density at radius 1 is 1.19 bits per heavy atom. The number of rotatable bonds is 6. The number of fused-ring (bicyclic) bond motifs is 1. The number of nitrogens with one attached hydrogen (secondary N) is 1. The summed E-state index contributed by atoms with van der Waals surface area (Å²) in [5, 5.41) is 11.5. The Balaban J connectivity index is 1.32. The van der Waals surface area contributed by atoms with Crippen molar-refractivity contribution in [3.05, 3.63) is 76.6 Å². The van der Waals surface area contributed by atoms with Crippen LogP contribution in [0.1, 0.15) is 45.7 Å². The van der Waals surface area contributed by atoms with Crippen molar-refractivity contribution >= 4 is 5.91 Å². The number of hydrogen-bond acceptors (Lipinski definition) is 5. The van der Waals surface area contributed by atoms with Crippen molar-refractivity contribution in [1.82, 2.24) is 25.2 Å². The van der Waals surface area contributed by atoms with Gasteiger partial charge < -0.3 is 10.1 Å². The van der Waals surface area contributed by atoms with E-state index in [0.29, 0.717) is 12.2 Å². The Kier molecular flexibility index (Phi) is 6.01. The topological polar surface area (TPSA) is 72.3 Å². The molecule has 7 heteroatoms. The molecule has 2 aliphatic heterocycles. The molecular formula is C25H29N5O2. The van der Waals surface area contributed by atoms with Gasteiger partial charge in [0.1, 0.15) is 0 Å². The van der Waals surface area contributed by atoms with Crippen LogP contribution >= 0.6 is 0 Å². The van der Waals surface area contributed by atoms with Gasteiger partial charge in [-0.25, -0.2) is 4.68 Å². The van der Waals surface area contributed by atoms with E-state index >= 15 is 0 Å². The van der Waals surface area contributed by atoms with Gasteiger partial charge in [0.15, 0.2) is 5.69 Å². The van der Waals surface area contributed by atoms with Gasteiger partial charge in [0.2, 0.25) is 0 Å². The van der Waals surface area contributed by atoms with Crippen LogP contribution < -0.4 is 5.32 Å². The first-order valence-electron chi connectivity index (χ1n) is 11.4. The molecule has 1 fully saturated rings. The highest BCUT2D eigenvalue weighted by Crippen LogP contribution is 2.27. The van der Waals surface area contributed by atoms with Gasteiger partial charge in [0.05, 0.1) is 17.5 Å². The molecule has 1 aromatic heterocycles. The molecule has 1 atom stereocenters. The van der Waals surface area contributed by atoms with E-state index in [-0.39, 0.29) is 12.0 Å². The van der Waals surface area contributed by atoms with Crippen molar-refractivity contribution in [2.45, 2.75) is 45.4 Å². The molecule has 7 nitrogen and oxygen atoms in total. The maximum atomic E-state index is 12.7. The van der Waals surface area contributed by atoms with Gasteiger partial charge in [-0.05, 0) is 48.9 Å². The highest BCUT2D eigenvalue weighted by Gasteiger charge is 2.24. The maximum Gasteiger partial charge on any atom is 0.273 e. The first-order chi connectivity index (χ1) is 15.7. The highest BCUT2D eigenvalue weighted by molar-refractivity contribution is 5.93. The molecular weight excluding hydrogens is 402 g/mol. The minimum atomic E-state index is -0.192. The standard InChI is InChI=1S/C25H29N5O2/c1-18-24(25(31)26-15-21-10-6-14-32-21)27-28-30(18)23-11-5-9-20-17-29(13-12-22(20)23)16-19-7-3-2-4-8-19/h2-5,7-9,11,21H,6,10,12-17H2,1H3,(H,26,31)/t21-/m0/s1. The quantitative estimate of drug-likeness (QED) is 0.650. The summed E-state index contributed by atoms with van der Waals surface area (Å²) in [4.78, 5) is 15.2. The highest BCUT2D eigenvalue weighted by atomic mass is 16.5. The number of ether oxygens (including phenoxy) is 1. The van der Waals surface area contributed by atoms with Gasteiger partial charge >= 0.3 is 0 Å². The van der Waals surface area contributed by atoms with Crippen LogP contribution in [0.2, 0.25) is 0 Å². The Morgan fingerprint density at radius 2 is 2.06 bits per heavy atom. The molecule has 0 radical (unpaired) electrons. The zero-order valence-electron chi connectivity index (χ0n) is 18.5. The number of amides is 1. The summed E-state index contributed by atoms with van der Waals surface area (Å²) in [6.07, 6.45) is 3.09. The first kappa shape index (κ1) is 20.8. The number of nitrogens with zero attached hydrogens (tertiary/aromatic N) is 4. The zero-order valence-corrected chi connectivity index (χ0v) is 18.5. The van der Waals surface area contributed by atoms with Crippen LogP contribution in [-0.4, -0.2) is 51.6 Å². The predicted molar refractivity (Wildman–Crippen MR) is 122 cm³/mol. The van der Waals surface area contributed by atoms with Crippen molar-refractivity contribution in [3.8, 4) is 5.69 Å². The number of benzene rings is 2. The molecule has 0 spiro atoms. The van der Waals surface area contributed by atoms with E-state index in [0.717, 1.165) is 56.9 Å². The van der Waals surface area contributed by atoms with Crippen molar-refractivity contribution in [2.75, 3.05) is 19.7 Å². The van der Waals surface area contributed by atoms with Crippen molar-refractivity contribution in [1.29, 1.82) is 0 Å². The Bertz CT molecular complexity index is 1090. The molecule has 32 heavy (non-hydrogen) atoms. The molecule has 0 aliphatic carbocycles. The third kappa shape index (κ3) is 4.31. The lowest BCUT2D eigenvalue weighted by Crippen LogP contribution is -2.32. The molecule has 1 amide bonds. The van der Waals surface area contributed by atoms with Crippen LogP contribution in [0.25, 0.3) is 5.69 Å². The third-order valence-electron chi connectivity index (χ3n) is 6.42. The SMILES string of the molecule is Cc1c(C(=O)NC[C@@H]2CCCO2)nnn1-c1cccc2c1CCN(Cc1ccccc1)C2. The summed E-state index contributed by atoms with van der Waals surface area (Å²) in [5.41, 5.74) is 6.08. The van der Waals surface area contributed by atoms with Crippen molar-refractivity contribution in [3.63, 3.8) is 0 Å². The van der Waals surface area contributed by atoms with Gasteiger partial charge in [-0.15, -0.1) is 5.10 Å². The summed E-state index contributed by atoms with van der Waals surface area (Å²) < 4.78 is 7.40. The van der Waals surface area contributed by atoms with E-state index in [1.165, 1.54) is 16.7 Å². The fourth-order valence-electron chi connectivity index (χ4n) is 4.69. The minimum Gasteiger partial charge on any atom is -0.376 e. The fraction of sp³-hybridized carbons (Fsp3) is 0.400. The molecule has 0 bridgehead atoms. The maximum absolute atomic E-state index is 12.7. The number of carbonyl (C=O) groups is 1. The second-order valence-electron chi connectivity index (χ2n) is 8.64. The predicted octanol–water partition coefficient (Wildman–Crippen LogP) is 3.04. The van der Waals surface area contributed by atoms with E-state index in [2.05, 4.69) is 69.1 Å². The molecule has 2 aromatic carbocycles. The van der Waals surface area contributed by atoms with Crippen LogP contribution in [0.15, 0.2) is 48.5 Å². The second kappa shape index (κ2) is 9.22. The average Bonchev–Trinajstić information content (AvgIpc) is 3.47. The first-order valence-corrected chi connectivity index (χ1v) is 11.4. The molecule has 0 saturated carbocycles. The molecule has 1 N–H and O–H groups in total. The van der Waals surface area contributed by atoms with Crippen molar-refractivity contribution in [2.24, 2.45) is 0 Å². The van der Waals surface area contributed by atoms with E-state index in [1.54, 1.807) is 0 Å². The van der Waals surface area contributed by atoms with E-state index in [9.17, 15) is 4.79 Å². The molecule has 0 unspecified atom stereocenters. The van der Waals surface area contributed by atoms with Gasteiger partial charge in [0, 0.05) is 32.8 Å². The second-order valence-corrected chi connectivity index (χ2v) is 8.64. The Hall–Kier alpha value is -3.03. The Labute approximate surface area is 188 Å². The molecule has 5 rings (SSSR count). The minimum absolute atomic E-state index is 0.106. The lowest BCUT2D eigenvalue weighted by Gasteiger charge is -2.30. The normalized spacial score (nSPS) is 18.5. The van der Waals surface area contributed by atoms with Crippen LogP contribution in [0.4, 0.5) is 0 Å². The smallest absolute Gasteiger partial charge is 0.273 e. The van der Waals surface area contributed by atoms with Gasteiger partial charge in [-0.1, -0.05) is 47.7 Å². The van der Waals surface area contributed by atoms with E-state index < -0.39 is 0 Å². The molecule has 3 heterocycles. The van der Waals surface area contributed by atoms with Crippen LogP contribution in [0.5, 0.6) is 0 Å². The lowest BCUT2D eigenvalue weighted by atomic mass is 9.97. The summed E-state index contributed by atoms with van der Waals surface area (Å²) in [7, 11) is 0. The number of hydrogen-bond donors (Lipinski definition) is 1. The summed E-state index contributed by atoms with van der Waals surface area (Å²) in [6.45, 7) is 6.04.